The van der Waals surface area contributed by atoms with Crippen molar-refractivity contribution in [3.8, 4) is 0 Å². The molecular weight excluding hydrogens is 318 g/mol. The van der Waals surface area contributed by atoms with Crippen molar-refractivity contribution in [2.75, 3.05) is 19.8 Å². The zero-order valence-electron chi connectivity index (χ0n) is 13.0. The van der Waals surface area contributed by atoms with E-state index in [0.717, 1.165) is 24.0 Å². The molecule has 1 saturated heterocycles. The molecule has 23 heavy (non-hydrogen) atoms. The molecule has 0 aromatic carbocycles. The Morgan fingerprint density at radius 3 is 3.30 bits per heavy atom. The molecule has 1 amide bonds. The number of rotatable bonds is 6. The number of hydrogen-bond acceptors (Lipinski definition) is 4. The monoisotopic (exact) mass is 337 g/mol. The lowest BCUT2D eigenvalue weighted by molar-refractivity contribution is -0.121. The average Bonchev–Trinajstić information content (AvgIpc) is 3.16. The number of pyridine rings is 1. The Labute approximate surface area is 139 Å². The van der Waals surface area contributed by atoms with E-state index >= 15 is 0 Å². The second kappa shape index (κ2) is 7.29. The van der Waals surface area contributed by atoms with E-state index in [9.17, 15) is 4.79 Å². The Balaban J connectivity index is 1.53. The van der Waals surface area contributed by atoms with Gasteiger partial charge in [0, 0.05) is 30.4 Å². The predicted octanol–water partition coefficient (Wildman–Crippen LogP) is 2.07. The molecule has 0 saturated carbocycles. The lowest BCUT2D eigenvalue weighted by atomic mass is 10.1. The number of nitrogens with one attached hydrogen (secondary N) is 2. The standard InChI is InChI=1S/C16H20ClN3O3/c1-10(8-23-12-3-5-22-9-12)20-14(21)6-11-7-19-16-15(11)13(17)2-4-18-16/h2,4,7,10,12H,3,5-6,8-9H2,1H3,(H,18,19)(H,20,21). The number of nitrogens with zero attached hydrogens (tertiary/aromatic N) is 1. The van der Waals surface area contributed by atoms with Crippen molar-refractivity contribution in [2.24, 2.45) is 0 Å². The van der Waals surface area contributed by atoms with E-state index in [0.29, 0.717) is 23.9 Å². The highest BCUT2D eigenvalue weighted by Gasteiger charge is 2.18. The summed E-state index contributed by atoms with van der Waals surface area (Å²) in [5, 5.41) is 4.34. The maximum Gasteiger partial charge on any atom is 0.224 e. The van der Waals surface area contributed by atoms with Crippen LogP contribution < -0.4 is 5.32 Å². The number of amides is 1. The van der Waals surface area contributed by atoms with Crippen molar-refractivity contribution in [3.63, 3.8) is 0 Å². The SMILES string of the molecule is CC(COC1CCOC1)NC(=O)Cc1c[nH]c2nccc(Cl)c12. The van der Waals surface area contributed by atoms with E-state index in [2.05, 4.69) is 15.3 Å². The molecule has 6 nitrogen and oxygen atoms in total. The zero-order valence-corrected chi connectivity index (χ0v) is 13.7. The summed E-state index contributed by atoms with van der Waals surface area (Å²) in [6, 6.07) is 1.67. The van der Waals surface area contributed by atoms with Gasteiger partial charge in [-0.05, 0) is 25.0 Å². The number of aromatic amines is 1. The van der Waals surface area contributed by atoms with Gasteiger partial charge in [-0.3, -0.25) is 4.79 Å². The smallest absolute Gasteiger partial charge is 0.224 e. The summed E-state index contributed by atoms with van der Waals surface area (Å²) in [5.74, 6) is -0.0652. The molecule has 0 radical (unpaired) electrons. The van der Waals surface area contributed by atoms with Gasteiger partial charge in [-0.15, -0.1) is 0 Å². The minimum Gasteiger partial charge on any atom is -0.379 e. The summed E-state index contributed by atoms with van der Waals surface area (Å²) >= 11 is 6.19. The number of fused-ring (bicyclic) bond motifs is 1. The van der Waals surface area contributed by atoms with Crippen LogP contribution in [0.5, 0.6) is 0 Å². The number of ether oxygens (including phenoxy) is 2. The molecule has 0 bridgehead atoms. The lowest BCUT2D eigenvalue weighted by Crippen LogP contribution is -2.37. The van der Waals surface area contributed by atoms with Crippen molar-refractivity contribution in [2.45, 2.75) is 31.9 Å². The Kier molecular flexibility index (Phi) is 5.15. The van der Waals surface area contributed by atoms with Crippen LogP contribution in [0.4, 0.5) is 0 Å². The molecule has 2 N–H and O–H groups in total. The van der Waals surface area contributed by atoms with E-state index in [1.165, 1.54) is 0 Å². The largest absolute Gasteiger partial charge is 0.379 e. The second-order valence-corrected chi connectivity index (χ2v) is 6.20. The van der Waals surface area contributed by atoms with E-state index in [4.69, 9.17) is 21.1 Å². The lowest BCUT2D eigenvalue weighted by Gasteiger charge is -2.16. The van der Waals surface area contributed by atoms with Crippen LogP contribution in [-0.4, -0.2) is 47.8 Å². The van der Waals surface area contributed by atoms with Crippen LogP contribution in [0, 0.1) is 0 Å². The van der Waals surface area contributed by atoms with Crippen LogP contribution in [0.2, 0.25) is 5.02 Å². The Bertz CT molecular complexity index is 682. The number of H-pyrrole nitrogens is 1. The molecule has 3 rings (SSSR count). The van der Waals surface area contributed by atoms with Crippen molar-refractivity contribution in [1.82, 2.24) is 15.3 Å². The highest BCUT2D eigenvalue weighted by Crippen LogP contribution is 2.25. The van der Waals surface area contributed by atoms with Gasteiger partial charge in [-0.1, -0.05) is 11.6 Å². The van der Waals surface area contributed by atoms with Crippen molar-refractivity contribution in [1.29, 1.82) is 0 Å². The molecule has 3 heterocycles. The van der Waals surface area contributed by atoms with Gasteiger partial charge in [0.25, 0.3) is 0 Å². The summed E-state index contributed by atoms with van der Waals surface area (Å²) < 4.78 is 11.0. The Hall–Kier alpha value is -1.63. The third kappa shape index (κ3) is 4.02. The number of aromatic nitrogens is 2. The van der Waals surface area contributed by atoms with Crippen LogP contribution >= 0.6 is 11.6 Å². The average molecular weight is 338 g/mol. The first kappa shape index (κ1) is 16.2. The molecule has 0 aliphatic carbocycles. The maximum atomic E-state index is 12.2. The molecule has 0 spiro atoms. The third-order valence-corrected chi connectivity index (χ3v) is 4.15. The van der Waals surface area contributed by atoms with E-state index in [1.807, 2.05) is 6.92 Å². The Morgan fingerprint density at radius 2 is 2.52 bits per heavy atom. The van der Waals surface area contributed by atoms with Crippen LogP contribution in [0.25, 0.3) is 11.0 Å². The normalized spacial score (nSPS) is 19.1. The highest BCUT2D eigenvalue weighted by molar-refractivity contribution is 6.35. The minimum atomic E-state index is -0.0652. The van der Waals surface area contributed by atoms with Gasteiger partial charge in [0.05, 0.1) is 30.8 Å². The molecule has 1 aliphatic rings. The summed E-state index contributed by atoms with van der Waals surface area (Å²) in [4.78, 5) is 19.4. The van der Waals surface area contributed by atoms with Crippen LogP contribution in [0.15, 0.2) is 18.5 Å². The fourth-order valence-corrected chi connectivity index (χ4v) is 2.95. The number of carbonyl (C=O) groups is 1. The molecule has 1 fully saturated rings. The van der Waals surface area contributed by atoms with Crippen molar-refractivity contribution in [3.05, 3.63) is 29.0 Å². The zero-order chi connectivity index (χ0) is 16.2. The van der Waals surface area contributed by atoms with Crippen molar-refractivity contribution < 1.29 is 14.3 Å². The highest BCUT2D eigenvalue weighted by atomic mass is 35.5. The van der Waals surface area contributed by atoms with Gasteiger partial charge in [0.15, 0.2) is 0 Å². The molecule has 124 valence electrons. The Morgan fingerprint density at radius 1 is 1.65 bits per heavy atom. The molecule has 2 unspecified atom stereocenters. The summed E-state index contributed by atoms with van der Waals surface area (Å²) in [7, 11) is 0. The second-order valence-electron chi connectivity index (χ2n) is 5.79. The minimum absolute atomic E-state index is 0.0538. The van der Waals surface area contributed by atoms with Crippen LogP contribution in [0.1, 0.15) is 18.9 Å². The first-order valence-electron chi connectivity index (χ1n) is 7.72. The fraction of sp³-hybridized carbons (Fsp3) is 0.500. The van der Waals surface area contributed by atoms with Gasteiger partial charge in [0.2, 0.25) is 5.91 Å². The first-order valence-corrected chi connectivity index (χ1v) is 8.10. The number of halogens is 1. The first-order chi connectivity index (χ1) is 11.1. The van der Waals surface area contributed by atoms with Gasteiger partial charge in [-0.2, -0.15) is 0 Å². The summed E-state index contributed by atoms with van der Waals surface area (Å²) in [5.41, 5.74) is 1.53. The van der Waals surface area contributed by atoms with E-state index in [-0.39, 0.29) is 24.5 Å². The molecule has 1 aliphatic heterocycles. The molecular formula is C16H20ClN3O3. The van der Waals surface area contributed by atoms with Gasteiger partial charge >= 0.3 is 0 Å². The maximum absolute atomic E-state index is 12.2. The quantitative estimate of drug-likeness (QED) is 0.846. The van der Waals surface area contributed by atoms with Crippen LogP contribution in [-0.2, 0) is 20.7 Å². The van der Waals surface area contributed by atoms with Gasteiger partial charge in [0.1, 0.15) is 5.65 Å². The third-order valence-electron chi connectivity index (χ3n) is 3.83. The number of hydrogen-bond donors (Lipinski definition) is 2. The topological polar surface area (TPSA) is 76.2 Å². The molecule has 2 aromatic rings. The molecule has 7 heteroatoms. The number of carbonyl (C=O) groups excluding carboxylic acids is 1. The van der Waals surface area contributed by atoms with Gasteiger partial charge < -0.3 is 19.8 Å². The summed E-state index contributed by atoms with van der Waals surface area (Å²) in [6.45, 7) is 3.80. The van der Waals surface area contributed by atoms with Crippen molar-refractivity contribution >= 4 is 28.5 Å². The summed E-state index contributed by atoms with van der Waals surface area (Å²) in [6.07, 6.45) is 4.73. The van der Waals surface area contributed by atoms with Gasteiger partial charge in [-0.25, -0.2) is 4.98 Å². The molecule has 2 atom stereocenters. The van der Waals surface area contributed by atoms with E-state index < -0.39 is 0 Å². The predicted molar refractivity (Wildman–Crippen MR) is 87.6 cm³/mol. The van der Waals surface area contributed by atoms with E-state index in [1.54, 1.807) is 18.5 Å². The van der Waals surface area contributed by atoms with Crippen LogP contribution in [0.3, 0.4) is 0 Å². The fourth-order valence-electron chi connectivity index (χ4n) is 2.69. The molecule has 2 aromatic heterocycles.